The van der Waals surface area contributed by atoms with Crippen LogP contribution in [0.3, 0.4) is 0 Å². The molecule has 2 aliphatic carbocycles. The highest BCUT2D eigenvalue weighted by Gasteiger charge is 2.69. The van der Waals surface area contributed by atoms with Gasteiger partial charge in [-0.3, -0.25) is 19.3 Å². The van der Waals surface area contributed by atoms with Crippen LogP contribution in [-0.4, -0.2) is 34.3 Å². The summed E-state index contributed by atoms with van der Waals surface area (Å²) in [4.78, 5) is 45.0. The van der Waals surface area contributed by atoms with Gasteiger partial charge in [-0.05, 0) is 66.1 Å². The molecule has 3 fully saturated rings. The molecule has 3 heterocycles. The molecule has 2 amide bonds. The first-order valence-corrected chi connectivity index (χ1v) is 13.4. The number of phenolic OH excluding ortho intramolecular Hbond substituents is 1. The Morgan fingerprint density at radius 2 is 1.66 bits per heavy atom. The number of phenols is 1. The number of thiazole rings is 1. The van der Waals surface area contributed by atoms with Crippen LogP contribution in [-0.2, 0) is 9.59 Å². The van der Waals surface area contributed by atoms with E-state index in [0.29, 0.717) is 11.4 Å². The largest absolute Gasteiger partial charge is 0.508 e. The smallest absolute Gasteiger partial charge is 0.305 e. The van der Waals surface area contributed by atoms with Gasteiger partial charge in [0.05, 0.1) is 29.7 Å². The molecule has 2 aliphatic heterocycles. The molecule has 2 saturated carbocycles. The minimum atomic E-state index is -0.340. The Labute approximate surface area is 209 Å². The number of carbonyl (C=O) groups excluding carboxylic acids is 2. The maximum atomic E-state index is 13.7. The van der Waals surface area contributed by atoms with Crippen LogP contribution in [0.15, 0.2) is 58.4 Å². The summed E-state index contributed by atoms with van der Waals surface area (Å²) in [6.07, 6.45) is 0.847. The Morgan fingerprint density at radius 1 is 0.971 bits per heavy atom. The number of benzene rings is 2. The van der Waals surface area contributed by atoms with E-state index in [4.69, 9.17) is 4.74 Å². The van der Waals surface area contributed by atoms with E-state index in [1.165, 1.54) is 16.2 Å². The summed E-state index contributed by atoms with van der Waals surface area (Å²) in [6.45, 7) is 0. The van der Waals surface area contributed by atoms with Crippen LogP contribution < -0.4 is 14.5 Å². The van der Waals surface area contributed by atoms with Crippen LogP contribution in [0.1, 0.15) is 22.8 Å². The number of aromatic hydroxyl groups is 1. The molecule has 1 aromatic heterocycles. The van der Waals surface area contributed by atoms with Crippen LogP contribution in [0.5, 0.6) is 11.5 Å². The van der Waals surface area contributed by atoms with E-state index in [0.717, 1.165) is 21.9 Å². The monoisotopic (exact) mass is 506 g/mol. The van der Waals surface area contributed by atoms with E-state index < -0.39 is 0 Å². The van der Waals surface area contributed by atoms with Crippen molar-refractivity contribution < 1.29 is 19.4 Å². The standard InChI is InChI=1S/C26H22N2O5S2/c1-33-14-8-4-12(5-9-14)28-24(30)19-15-10-16(20(19)25(28)31)21-18(15)17(11-2-6-13(29)7-3-11)22-23(34-21)27-26(32)35-22/h2-9,15-21,29H,10H2,1H3,(H,27,32)/t15-,16-,17+,18+,19+,20+,21-/m1/s1. The highest BCUT2D eigenvalue weighted by Crippen LogP contribution is 2.68. The fourth-order valence-corrected chi connectivity index (χ4v) is 9.95. The number of anilines is 1. The molecule has 4 aliphatic rings. The number of nitrogens with one attached hydrogen (secondary N) is 1. The number of thioether (sulfide) groups is 1. The van der Waals surface area contributed by atoms with Crippen molar-refractivity contribution in [3.05, 3.63) is 68.6 Å². The number of hydrogen-bond donors (Lipinski definition) is 2. The molecule has 2 bridgehead atoms. The minimum Gasteiger partial charge on any atom is -0.508 e. The van der Waals surface area contributed by atoms with Crippen molar-refractivity contribution in [2.24, 2.45) is 29.6 Å². The second-order valence-corrected chi connectivity index (χ2v) is 12.0. The maximum Gasteiger partial charge on any atom is 0.305 e. The summed E-state index contributed by atoms with van der Waals surface area (Å²) in [5, 5.41) is 10.9. The molecule has 7 rings (SSSR count). The highest BCUT2D eigenvalue weighted by atomic mass is 32.2. The molecule has 3 aromatic rings. The Morgan fingerprint density at radius 3 is 2.34 bits per heavy atom. The van der Waals surface area contributed by atoms with Gasteiger partial charge in [0.15, 0.2) is 0 Å². The van der Waals surface area contributed by atoms with Crippen LogP contribution in [0.2, 0.25) is 0 Å². The Hall–Kier alpha value is -3.04. The van der Waals surface area contributed by atoms with E-state index in [9.17, 15) is 19.5 Å². The van der Waals surface area contributed by atoms with Crippen LogP contribution in [0.4, 0.5) is 5.69 Å². The van der Waals surface area contributed by atoms with E-state index >= 15 is 0 Å². The molecule has 2 aromatic carbocycles. The summed E-state index contributed by atoms with van der Waals surface area (Å²) in [5.74, 6) is 0.217. The molecule has 0 radical (unpaired) electrons. The first kappa shape index (κ1) is 21.3. The van der Waals surface area contributed by atoms with Gasteiger partial charge in [-0.2, -0.15) is 0 Å². The van der Waals surface area contributed by atoms with Gasteiger partial charge in [0.2, 0.25) is 11.8 Å². The fraction of sp³-hybridized carbons (Fsp3) is 0.346. The number of ether oxygens (including phenoxy) is 1. The second kappa shape index (κ2) is 7.48. The molecule has 7 atom stereocenters. The third-order valence-electron chi connectivity index (χ3n) is 8.31. The van der Waals surface area contributed by atoms with E-state index in [1.54, 1.807) is 55.3 Å². The zero-order valence-corrected chi connectivity index (χ0v) is 20.3. The number of aromatic amines is 1. The lowest BCUT2D eigenvalue weighted by Gasteiger charge is -2.43. The third-order valence-corrected chi connectivity index (χ3v) is 10.9. The molecule has 7 nitrogen and oxygen atoms in total. The normalized spacial score (nSPS) is 32.5. The lowest BCUT2D eigenvalue weighted by molar-refractivity contribution is -0.123. The molecule has 0 unspecified atom stereocenters. The summed E-state index contributed by atoms with van der Waals surface area (Å²) >= 11 is 2.91. The summed E-state index contributed by atoms with van der Waals surface area (Å²) < 4.78 is 5.23. The molecule has 9 heteroatoms. The number of aromatic nitrogens is 1. The number of amides is 2. The topological polar surface area (TPSA) is 99.7 Å². The van der Waals surface area contributed by atoms with Gasteiger partial charge in [0.1, 0.15) is 11.5 Å². The van der Waals surface area contributed by atoms with Gasteiger partial charge < -0.3 is 14.8 Å². The van der Waals surface area contributed by atoms with Crippen molar-refractivity contribution in [3.63, 3.8) is 0 Å². The number of methoxy groups -OCH3 is 1. The quantitative estimate of drug-likeness (QED) is 0.524. The SMILES string of the molecule is COc1ccc(N2C(=O)[C@H]3[C@H]4C[C@@H]([C@@H]3C2=O)[C@H]2[C@H](c3ccc(O)cc3)c3sc(=O)[nH]c3S[C@H]42)cc1. The van der Waals surface area contributed by atoms with Crippen LogP contribution >= 0.6 is 23.1 Å². The lowest BCUT2D eigenvalue weighted by Crippen LogP contribution is -2.42. The molecular formula is C26H22N2O5S2. The second-order valence-electron chi connectivity index (χ2n) is 9.76. The van der Waals surface area contributed by atoms with Crippen molar-refractivity contribution in [2.45, 2.75) is 22.6 Å². The van der Waals surface area contributed by atoms with Crippen molar-refractivity contribution in [2.75, 3.05) is 12.0 Å². The molecule has 2 N–H and O–H groups in total. The minimum absolute atomic E-state index is 0.0466. The van der Waals surface area contributed by atoms with E-state index in [1.807, 2.05) is 12.1 Å². The Balaban J connectivity index is 1.30. The van der Waals surface area contributed by atoms with Crippen molar-refractivity contribution in [3.8, 4) is 11.5 Å². The van der Waals surface area contributed by atoms with Crippen molar-refractivity contribution >= 4 is 40.6 Å². The summed E-state index contributed by atoms with van der Waals surface area (Å²) in [6, 6.07) is 14.2. The first-order valence-electron chi connectivity index (χ1n) is 11.7. The molecule has 178 valence electrons. The van der Waals surface area contributed by atoms with Gasteiger partial charge in [0.25, 0.3) is 0 Å². The average Bonchev–Trinajstić information content (AvgIpc) is 3.59. The molecule has 35 heavy (non-hydrogen) atoms. The van der Waals surface area contributed by atoms with Crippen molar-refractivity contribution in [1.29, 1.82) is 0 Å². The number of H-pyrrole nitrogens is 1. The van der Waals surface area contributed by atoms with E-state index in [-0.39, 0.29) is 63.2 Å². The Kier molecular flexibility index (Phi) is 4.54. The van der Waals surface area contributed by atoms with Crippen molar-refractivity contribution in [1.82, 2.24) is 4.98 Å². The third kappa shape index (κ3) is 2.88. The first-order chi connectivity index (χ1) is 17.0. The summed E-state index contributed by atoms with van der Waals surface area (Å²) in [7, 11) is 1.58. The van der Waals surface area contributed by atoms with Gasteiger partial charge in [-0.15, -0.1) is 11.8 Å². The molecule has 0 spiro atoms. The van der Waals surface area contributed by atoms with E-state index in [2.05, 4.69) is 4.98 Å². The molecular weight excluding hydrogens is 484 g/mol. The average molecular weight is 507 g/mol. The number of nitrogens with zero attached hydrogens (tertiary/aromatic N) is 1. The van der Waals surface area contributed by atoms with Gasteiger partial charge >= 0.3 is 4.87 Å². The summed E-state index contributed by atoms with van der Waals surface area (Å²) in [5.41, 5.74) is 1.62. The zero-order chi connectivity index (χ0) is 24.0. The van der Waals surface area contributed by atoms with Gasteiger partial charge in [-0.25, -0.2) is 0 Å². The lowest BCUT2D eigenvalue weighted by atomic mass is 9.68. The van der Waals surface area contributed by atoms with Crippen LogP contribution in [0.25, 0.3) is 0 Å². The predicted octanol–water partition coefficient (Wildman–Crippen LogP) is 3.83. The van der Waals surface area contributed by atoms with Gasteiger partial charge in [0, 0.05) is 16.0 Å². The van der Waals surface area contributed by atoms with Gasteiger partial charge in [-0.1, -0.05) is 23.5 Å². The van der Waals surface area contributed by atoms with Crippen LogP contribution in [0, 0.1) is 29.6 Å². The number of hydrogen-bond acceptors (Lipinski definition) is 7. The fourth-order valence-electron chi connectivity index (χ4n) is 7.06. The zero-order valence-electron chi connectivity index (χ0n) is 18.7. The number of imide groups is 1. The number of carbonyl (C=O) groups is 2. The maximum absolute atomic E-state index is 13.7. The number of fused-ring (bicyclic) bond motifs is 9. The Bertz CT molecular complexity index is 1410. The number of rotatable bonds is 3. The predicted molar refractivity (Wildman–Crippen MR) is 132 cm³/mol. The highest BCUT2D eigenvalue weighted by molar-refractivity contribution is 8.00. The molecule has 1 saturated heterocycles.